The average Bonchev–Trinajstić information content (AvgIpc) is 2.92. The van der Waals surface area contributed by atoms with Gasteiger partial charge in [-0.05, 0) is 12.1 Å². The van der Waals surface area contributed by atoms with Gasteiger partial charge in [0.1, 0.15) is 0 Å². The average molecular weight is 326 g/mol. The summed E-state index contributed by atoms with van der Waals surface area (Å²) in [5.74, 6) is -1.79. The second kappa shape index (κ2) is 5.50. The number of thiazole rings is 1. The summed E-state index contributed by atoms with van der Waals surface area (Å²) in [6.45, 7) is 0. The number of hydrogen-bond donors (Lipinski definition) is 3. The molecule has 0 fully saturated rings. The van der Waals surface area contributed by atoms with E-state index < -0.39 is 21.8 Å². The fourth-order valence-electron chi connectivity index (χ4n) is 1.59. The number of benzene rings is 1. The van der Waals surface area contributed by atoms with Crippen molar-refractivity contribution in [3.63, 3.8) is 0 Å². The molecule has 0 bridgehead atoms. The van der Waals surface area contributed by atoms with Gasteiger partial charge in [0.2, 0.25) is 0 Å². The van der Waals surface area contributed by atoms with Crippen molar-refractivity contribution in [1.82, 2.24) is 4.98 Å². The molecule has 21 heavy (non-hydrogen) atoms. The highest BCUT2D eigenvalue weighted by Gasteiger charge is 2.23. The second-order valence-corrected chi connectivity index (χ2v) is 6.24. The molecule has 1 heterocycles. The Hall–Kier alpha value is -2.46. The van der Waals surface area contributed by atoms with E-state index in [9.17, 15) is 18.0 Å². The van der Waals surface area contributed by atoms with Gasteiger partial charge in [0.25, 0.3) is 21.8 Å². The first-order valence-corrected chi connectivity index (χ1v) is 7.89. The first-order chi connectivity index (χ1) is 9.83. The van der Waals surface area contributed by atoms with Gasteiger partial charge in [-0.25, -0.2) is 4.98 Å². The van der Waals surface area contributed by atoms with E-state index in [-0.39, 0.29) is 21.8 Å². The summed E-state index contributed by atoms with van der Waals surface area (Å²) >= 11 is 1.08. The predicted molar refractivity (Wildman–Crippen MR) is 76.4 cm³/mol. The summed E-state index contributed by atoms with van der Waals surface area (Å²) < 4.78 is 26.4. The van der Waals surface area contributed by atoms with Crippen molar-refractivity contribution in [3.05, 3.63) is 40.2 Å². The second-order valence-electron chi connectivity index (χ2n) is 3.89. The maximum absolute atomic E-state index is 12.1. The molecule has 0 saturated carbocycles. The molecule has 1 aromatic heterocycles. The van der Waals surface area contributed by atoms with Gasteiger partial charge in [0, 0.05) is 5.38 Å². The number of amides is 2. The van der Waals surface area contributed by atoms with Crippen LogP contribution in [0.4, 0.5) is 5.69 Å². The Morgan fingerprint density at radius 2 is 1.71 bits per heavy atom. The summed E-state index contributed by atoms with van der Waals surface area (Å²) in [5.41, 5.74) is 11.1. The van der Waals surface area contributed by atoms with Crippen LogP contribution in [0.15, 0.2) is 34.1 Å². The molecule has 0 aliphatic heterocycles. The number of rotatable bonds is 5. The number of aromatic nitrogens is 1. The van der Waals surface area contributed by atoms with Crippen molar-refractivity contribution in [3.8, 4) is 0 Å². The van der Waals surface area contributed by atoms with Crippen LogP contribution in [-0.4, -0.2) is 25.2 Å². The lowest BCUT2D eigenvalue weighted by Gasteiger charge is -2.12. The fourth-order valence-corrected chi connectivity index (χ4v) is 3.53. The van der Waals surface area contributed by atoms with Gasteiger partial charge in [-0.2, -0.15) is 8.42 Å². The molecule has 8 nitrogen and oxygen atoms in total. The van der Waals surface area contributed by atoms with E-state index >= 15 is 0 Å². The molecule has 110 valence electrons. The lowest BCUT2D eigenvalue weighted by molar-refractivity contribution is 0.0999. The molecule has 0 spiro atoms. The quantitative estimate of drug-likeness (QED) is 0.715. The number of carbonyl (C=O) groups is 2. The van der Waals surface area contributed by atoms with Crippen molar-refractivity contribution in [2.45, 2.75) is 5.03 Å². The molecule has 1 aromatic carbocycles. The first-order valence-electron chi connectivity index (χ1n) is 5.46. The number of nitrogens with one attached hydrogen (secondary N) is 1. The first kappa shape index (κ1) is 14.9. The molecule has 0 radical (unpaired) electrons. The van der Waals surface area contributed by atoms with Crippen LogP contribution in [0.2, 0.25) is 0 Å². The van der Waals surface area contributed by atoms with Crippen molar-refractivity contribution in [2.24, 2.45) is 11.5 Å². The predicted octanol–water partition coefficient (Wildman–Crippen LogP) is 0.142. The van der Waals surface area contributed by atoms with Crippen LogP contribution in [0.5, 0.6) is 0 Å². The van der Waals surface area contributed by atoms with Gasteiger partial charge in [0.05, 0.1) is 22.3 Å². The van der Waals surface area contributed by atoms with Crippen LogP contribution in [0.25, 0.3) is 0 Å². The van der Waals surface area contributed by atoms with Crippen LogP contribution < -0.4 is 16.2 Å². The van der Waals surface area contributed by atoms with E-state index in [1.165, 1.54) is 29.1 Å². The zero-order valence-corrected chi connectivity index (χ0v) is 12.1. The van der Waals surface area contributed by atoms with E-state index in [2.05, 4.69) is 9.71 Å². The number of anilines is 1. The minimum absolute atomic E-state index is 0.162. The van der Waals surface area contributed by atoms with Crippen molar-refractivity contribution >= 4 is 38.9 Å². The standard InChI is InChI=1S/C11H10N4O4S2/c12-10(16)6-2-1-3-7(11(13)17)9(6)15-21(18,19)8-4-20-5-14-8/h1-5,15H,(H2,12,16)(H2,13,17). The Kier molecular flexibility index (Phi) is 3.91. The number of primary amides is 2. The monoisotopic (exact) mass is 326 g/mol. The van der Waals surface area contributed by atoms with Gasteiger partial charge in [-0.1, -0.05) is 6.07 Å². The van der Waals surface area contributed by atoms with Crippen LogP contribution in [0, 0.1) is 0 Å². The Morgan fingerprint density at radius 3 is 2.14 bits per heavy atom. The largest absolute Gasteiger partial charge is 0.366 e. The van der Waals surface area contributed by atoms with Crippen molar-refractivity contribution in [2.75, 3.05) is 4.72 Å². The van der Waals surface area contributed by atoms with Gasteiger partial charge in [-0.3, -0.25) is 14.3 Å². The van der Waals surface area contributed by atoms with Crippen molar-refractivity contribution in [1.29, 1.82) is 0 Å². The number of hydrogen-bond acceptors (Lipinski definition) is 6. The Bertz CT molecular complexity index is 767. The smallest absolute Gasteiger partial charge is 0.280 e. The van der Waals surface area contributed by atoms with E-state index in [0.717, 1.165) is 11.3 Å². The molecule has 2 rings (SSSR count). The summed E-state index contributed by atoms with van der Waals surface area (Å²) in [6.07, 6.45) is 0. The molecule has 0 aliphatic rings. The van der Waals surface area contributed by atoms with Crippen molar-refractivity contribution < 1.29 is 18.0 Å². The minimum atomic E-state index is -4.05. The zero-order chi connectivity index (χ0) is 15.6. The van der Waals surface area contributed by atoms with Gasteiger partial charge >= 0.3 is 0 Å². The lowest BCUT2D eigenvalue weighted by atomic mass is 10.1. The number of para-hydroxylation sites is 1. The van der Waals surface area contributed by atoms with Gasteiger partial charge < -0.3 is 11.5 Å². The highest BCUT2D eigenvalue weighted by atomic mass is 32.2. The number of sulfonamides is 1. The number of nitrogens with two attached hydrogens (primary N) is 2. The van der Waals surface area contributed by atoms with E-state index in [1.54, 1.807) is 0 Å². The van der Waals surface area contributed by atoms with Crippen LogP contribution in [0.1, 0.15) is 20.7 Å². The molecular formula is C11H10N4O4S2. The van der Waals surface area contributed by atoms with E-state index in [4.69, 9.17) is 11.5 Å². The molecular weight excluding hydrogens is 316 g/mol. The van der Waals surface area contributed by atoms with E-state index in [0.29, 0.717) is 0 Å². The topological polar surface area (TPSA) is 145 Å². The summed E-state index contributed by atoms with van der Waals surface area (Å²) in [4.78, 5) is 26.5. The summed E-state index contributed by atoms with van der Waals surface area (Å²) in [5, 5.41) is 1.07. The molecule has 2 aromatic rings. The van der Waals surface area contributed by atoms with Crippen LogP contribution >= 0.6 is 11.3 Å². The zero-order valence-electron chi connectivity index (χ0n) is 10.4. The SMILES string of the molecule is NC(=O)c1cccc(C(N)=O)c1NS(=O)(=O)c1cscn1. The number of nitrogens with zero attached hydrogens (tertiary/aromatic N) is 1. The molecule has 0 aliphatic carbocycles. The van der Waals surface area contributed by atoms with Gasteiger partial charge in [-0.15, -0.1) is 11.3 Å². The molecule has 10 heteroatoms. The Balaban J connectivity index is 2.58. The summed E-state index contributed by atoms with van der Waals surface area (Å²) in [6, 6.07) is 3.95. The molecule has 2 amide bonds. The third-order valence-corrected chi connectivity index (χ3v) is 4.50. The third-order valence-electron chi connectivity index (χ3n) is 2.52. The molecule has 0 unspecified atom stereocenters. The number of carbonyl (C=O) groups excluding carboxylic acids is 2. The molecule has 0 saturated heterocycles. The highest BCUT2D eigenvalue weighted by molar-refractivity contribution is 7.92. The van der Waals surface area contributed by atoms with E-state index in [1.807, 2.05) is 0 Å². The minimum Gasteiger partial charge on any atom is -0.366 e. The fraction of sp³-hybridized carbons (Fsp3) is 0. The normalized spacial score (nSPS) is 11.0. The highest BCUT2D eigenvalue weighted by Crippen LogP contribution is 2.24. The lowest BCUT2D eigenvalue weighted by Crippen LogP contribution is -2.23. The Labute approximate surface area is 123 Å². The van der Waals surface area contributed by atoms with Gasteiger partial charge in [0.15, 0.2) is 5.03 Å². The molecule has 0 atom stereocenters. The Morgan fingerprint density at radius 1 is 1.14 bits per heavy atom. The maximum Gasteiger partial charge on any atom is 0.280 e. The van der Waals surface area contributed by atoms with Crippen LogP contribution in [-0.2, 0) is 10.0 Å². The molecule has 5 N–H and O–H groups in total. The van der Waals surface area contributed by atoms with Crippen LogP contribution in [0.3, 0.4) is 0 Å². The maximum atomic E-state index is 12.1. The third kappa shape index (κ3) is 3.01. The summed E-state index contributed by atoms with van der Waals surface area (Å²) in [7, 11) is -4.05.